The maximum atomic E-state index is 13.2. The average Bonchev–Trinajstić information content (AvgIpc) is 3.06. The number of carbonyl (C=O) groups is 1. The zero-order valence-corrected chi connectivity index (χ0v) is 18.6. The van der Waals surface area contributed by atoms with E-state index >= 15 is 0 Å². The van der Waals surface area contributed by atoms with E-state index in [-0.39, 0.29) is 18.0 Å². The molecule has 2 heterocycles. The predicted molar refractivity (Wildman–Crippen MR) is 118 cm³/mol. The minimum Gasteiger partial charge on any atom is -0.308 e. The van der Waals surface area contributed by atoms with Gasteiger partial charge in [0.05, 0.1) is 16.5 Å². The summed E-state index contributed by atoms with van der Waals surface area (Å²) < 4.78 is 2.43. The van der Waals surface area contributed by atoms with Gasteiger partial charge in [-0.2, -0.15) is 0 Å². The second-order valence-corrected chi connectivity index (χ2v) is 8.67. The summed E-state index contributed by atoms with van der Waals surface area (Å²) in [6.45, 7) is 8.74. The van der Waals surface area contributed by atoms with Crippen molar-refractivity contribution in [3.05, 3.63) is 51.2 Å². The lowest BCUT2D eigenvalue weighted by Gasteiger charge is -2.22. The van der Waals surface area contributed by atoms with E-state index in [4.69, 9.17) is 4.98 Å². The Balaban J connectivity index is 1.97. The van der Waals surface area contributed by atoms with Crippen molar-refractivity contribution in [3.63, 3.8) is 0 Å². The molecule has 1 aromatic carbocycles. The highest BCUT2D eigenvalue weighted by molar-refractivity contribution is 7.22. The molecule has 8 heteroatoms. The molecule has 0 atom stereocenters. The zero-order chi connectivity index (χ0) is 21.3. The molecule has 0 aliphatic heterocycles. The molecule has 0 fully saturated rings. The molecule has 0 radical (unpaired) electrons. The van der Waals surface area contributed by atoms with Gasteiger partial charge in [0.1, 0.15) is 6.54 Å². The van der Waals surface area contributed by atoms with Gasteiger partial charge in [0.2, 0.25) is 5.91 Å². The Labute approximate surface area is 174 Å². The number of aryl methyl sites for hydroxylation is 3. The third-order valence-electron chi connectivity index (χ3n) is 4.94. The van der Waals surface area contributed by atoms with Crippen LogP contribution < -0.4 is 10.5 Å². The summed E-state index contributed by atoms with van der Waals surface area (Å²) in [4.78, 5) is 38.4. The number of likely N-dealkylation sites (N-methyl/N-ethyl adjacent to an activating group) is 1. The second-order valence-electron chi connectivity index (χ2n) is 7.66. The number of carbonyl (C=O) groups excluding carboxylic acids is 1. The molecule has 154 valence electrons. The normalized spacial score (nSPS) is 11.4. The minimum atomic E-state index is -0.186. The van der Waals surface area contributed by atoms with Crippen LogP contribution in [0.5, 0.6) is 0 Å². The maximum absolute atomic E-state index is 13.2. The van der Waals surface area contributed by atoms with E-state index in [1.54, 1.807) is 18.7 Å². The largest absolute Gasteiger partial charge is 0.308 e. The fraction of sp³-hybridized carbons (Fsp3) is 0.429. The third kappa shape index (κ3) is 4.54. The fourth-order valence-electron chi connectivity index (χ4n) is 3.12. The number of nitrogens with zero attached hydrogens (tertiary/aromatic N) is 5. The Bertz CT molecular complexity index is 1120. The molecule has 0 unspecified atom stereocenters. The molecule has 0 saturated heterocycles. The highest BCUT2D eigenvalue weighted by Crippen LogP contribution is 2.31. The molecule has 0 N–H and O–H groups in total. The first-order chi connectivity index (χ1) is 13.7. The molecule has 0 spiro atoms. The van der Waals surface area contributed by atoms with Gasteiger partial charge in [-0.3, -0.25) is 19.1 Å². The first-order valence-electron chi connectivity index (χ1n) is 9.53. The summed E-state index contributed by atoms with van der Waals surface area (Å²) in [5.41, 5.74) is 4.24. The van der Waals surface area contributed by atoms with Gasteiger partial charge in [-0.1, -0.05) is 17.4 Å². The predicted octanol–water partition coefficient (Wildman–Crippen LogP) is 2.68. The van der Waals surface area contributed by atoms with Crippen LogP contribution in [0.25, 0.3) is 10.2 Å². The van der Waals surface area contributed by atoms with Crippen molar-refractivity contribution in [2.75, 3.05) is 32.1 Å². The van der Waals surface area contributed by atoms with Gasteiger partial charge >= 0.3 is 0 Å². The van der Waals surface area contributed by atoms with E-state index in [9.17, 15) is 9.59 Å². The Kier molecular flexibility index (Phi) is 6.14. The van der Waals surface area contributed by atoms with Gasteiger partial charge in [-0.15, -0.1) is 0 Å². The van der Waals surface area contributed by atoms with E-state index in [1.165, 1.54) is 27.8 Å². The third-order valence-corrected chi connectivity index (χ3v) is 5.97. The molecule has 7 nitrogen and oxygen atoms in total. The molecule has 3 rings (SSSR count). The Morgan fingerprint density at radius 2 is 1.86 bits per heavy atom. The molecular weight excluding hydrogens is 386 g/mol. The molecule has 1 amide bonds. The Morgan fingerprint density at radius 3 is 2.55 bits per heavy atom. The van der Waals surface area contributed by atoms with E-state index < -0.39 is 0 Å². The number of hydrogen-bond donors (Lipinski definition) is 0. The van der Waals surface area contributed by atoms with Crippen LogP contribution in [0.15, 0.2) is 23.3 Å². The Hall–Kier alpha value is -2.58. The van der Waals surface area contributed by atoms with Crippen LogP contribution in [-0.4, -0.2) is 52.5 Å². The lowest BCUT2D eigenvalue weighted by atomic mass is 10.1. The highest BCUT2D eigenvalue weighted by Gasteiger charge is 2.21. The molecule has 3 aromatic rings. The summed E-state index contributed by atoms with van der Waals surface area (Å²) in [6, 6.07) is 4.19. The molecule has 29 heavy (non-hydrogen) atoms. The van der Waals surface area contributed by atoms with E-state index in [0.29, 0.717) is 29.5 Å². The van der Waals surface area contributed by atoms with Crippen LogP contribution in [0.4, 0.5) is 5.13 Å². The molecule has 0 saturated carbocycles. The molecule has 0 aliphatic rings. The first kappa shape index (κ1) is 21.1. The number of benzene rings is 1. The van der Waals surface area contributed by atoms with Crippen LogP contribution in [0.3, 0.4) is 0 Å². The smallest absolute Gasteiger partial charge is 0.256 e. The fourth-order valence-corrected chi connectivity index (χ4v) is 4.31. The van der Waals surface area contributed by atoms with Gasteiger partial charge in [-0.05, 0) is 59.0 Å². The van der Waals surface area contributed by atoms with Gasteiger partial charge in [-0.25, -0.2) is 9.97 Å². The van der Waals surface area contributed by atoms with Crippen molar-refractivity contribution in [1.82, 2.24) is 19.4 Å². The van der Waals surface area contributed by atoms with Crippen LogP contribution in [0, 0.1) is 27.7 Å². The zero-order valence-electron chi connectivity index (χ0n) is 17.8. The number of thiazole rings is 1. The van der Waals surface area contributed by atoms with Crippen molar-refractivity contribution in [2.24, 2.45) is 0 Å². The summed E-state index contributed by atoms with van der Waals surface area (Å²) in [5.74, 6) is -0.174. The van der Waals surface area contributed by atoms with E-state index in [1.807, 2.05) is 25.9 Å². The van der Waals surface area contributed by atoms with E-state index in [2.05, 4.69) is 24.0 Å². The second kappa shape index (κ2) is 8.42. The molecule has 2 aromatic heterocycles. The molecular formula is C21H27N5O2S. The number of aromatic nitrogens is 3. The lowest BCUT2D eigenvalue weighted by Crippen LogP contribution is -2.40. The molecule has 0 bridgehead atoms. The van der Waals surface area contributed by atoms with Crippen molar-refractivity contribution in [1.29, 1.82) is 0 Å². The highest BCUT2D eigenvalue weighted by atomic mass is 32.1. The van der Waals surface area contributed by atoms with Crippen LogP contribution in [0.2, 0.25) is 0 Å². The number of fused-ring (bicyclic) bond motifs is 1. The average molecular weight is 414 g/mol. The Morgan fingerprint density at radius 1 is 1.14 bits per heavy atom. The lowest BCUT2D eigenvalue weighted by molar-refractivity contribution is -0.119. The van der Waals surface area contributed by atoms with Gasteiger partial charge in [0, 0.05) is 24.3 Å². The standard InChI is InChI=1S/C21H27N5O2S/c1-13-9-14(2)19-17(10-13)29-21(23-19)26(8-7-24(5)6)18(27)11-25-12-22-16(4)15(3)20(25)28/h9-10,12H,7-8,11H2,1-6H3. The van der Waals surface area contributed by atoms with Gasteiger partial charge < -0.3 is 4.90 Å². The van der Waals surface area contributed by atoms with Crippen molar-refractivity contribution >= 4 is 32.6 Å². The number of anilines is 1. The first-order valence-corrected chi connectivity index (χ1v) is 10.3. The number of hydrogen-bond acceptors (Lipinski definition) is 6. The van der Waals surface area contributed by atoms with Crippen LogP contribution in [-0.2, 0) is 11.3 Å². The summed E-state index contributed by atoms with van der Waals surface area (Å²) >= 11 is 1.51. The van der Waals surface area contributed by atoms with Crippen molar-refractivity contribution < 1.29 is 4.79 Å². The van der Waals surface area contributed by atoms with Crippen LogP contribution >= 0.6 is 11.3 Å². The topological polar surface area (TPSA) is 71.3 Å². The molecule has 0 aliphatic carbocycles. The number of amides is 1. The summed E-state index contributed by atoms with van der Waals surface area (Å²) in [5, 5.41) is 0.658. The van der Waals surface area contributed by atoms with Crippen molar-refractivity contribution in [2.45, 2.75) is 34.2 Å². The number of rotatable bonds is 6. The van der Waals surface area contributed by atoms with Crippen LogP contribution in [0.1, 0.15) is 22.4 Å². The monoisotopic (exact) mass is 413 g/mol. The quantitative estimate of drug-likeness (QED) is 0.621. The SMILES string of the molecule is Cc1cc(C)c2nc(N(CCN(C)C)C(=O)Cn3cnc(C)c(C)c3=O)sc2c1. The van der Waals surface area contributed by atoms with Gasteiger partial charge in [0.15, 0.2) is 5.13 Å². The summed E-state index contributed by atoms with van der Waals surface area (Å²) in [6.07, 6.45) is 1.44. The van der Waals surface area contributed by atoms with Gasteiger partial charge in [0.25, 0.3) is 5.56 Å². The van der Waals surface area contributed by atoms with E-state index in [0.717, 1.165) is 15.8 Å². The minimum absolute atomic E-state index is 0.0612. The van der Waals surface area contributed by atoms with Crippen molar-refractivity contribution in [3.8, 4) is 0 Å². The summed E-state index contributed by atoms with van der Waals surface area (Å²) in [7, 11) is 3.93. The maximum Gasteiger partial charge on any atom is 0.256 e.